The first-order valence-electron chi connectivity index (χ1n) is 10.3. The Labute approximate surface area is 182 Å². The quantitative estimate of drug-likeness (QED) is 0.638. The van der Waals surface area contributed by atoms with Crippen LogP contribution < -0.4 is 5.32 Å². The van der Waals surface area contributed by atoms with E-state index in [-0.39, 0.29) is 17.2 Å². The Morgan fingerprint density at radius 2 is 1.55 bits per heavy atom. The van der Waals surface area contributed by atoms with E-state index in [1.165, 1.54) is 4.31 Å². The zero-order chi connectivity index (χ0) is 21.7. The summed E-state index contributed by atoms with van der Waals surface area (Å²) < 4.78 is 27.0. The van der Waals surface area contributed by atoms with Crippen LogP contribution in [0.1, 0.15) is 24.8 Å². The zero-order valence-corrected chi connectivity index (χ0v) is 17.9. The lowest BCUT2D eigenvalue weighted by molar-refractivity contribution is -0.115. The monoisotopic (exact) mass is 436 g/mol. The highest BCUT2D eigenvalue weighted by molar-refractivity contribution is 7.89. The number of amides is 1. The molecule has 0 saturated carbocycles. The first-order chi connectivity index (χ1) is 15.0. The highest BCUT2D eigenvalue weighted by Gasteiger charge is 2.25. The zero-order valence-electron chi connectivity index (χ0n) is 17.1. The molecular formula is C23H24N4O3S. The summed E-state index contributed by atoms with van der Waals surface area (Å²) >= 11 is 0. The minimum atomic E-state index is -3.47. The summed E-state index contributed by atoms with van der Waals surface area (Å²) in [5.41, 5.74) is 2.14. The first-order valence-corrected chi connectivity index (χ1v) is 11.7. The maximum atomic E-state index is 12.7. The van der Waals surface area contributed by atoms with Crippen LogP contribution in [-0.2, 0) is 21.2 Å². The molecule has 1 N–H and O–H groups in total. The van der Waals surface area contributed by atoms with Gasteiger partial charge in [-0.15, -0.1) is 0 Å². The van der Waals surface area contributed by atoms with E-state index in [0.29, 0.717) is 24.6 Å². The number of piperidine rings is 1. The van der Waals surface area contributed by atoms with Crippen LogP contribution >= 0.6 is 0 Å². The van der Waals surface area contributed by atoms with Gasteiger partial charge in [-0.3, -0.25) is 4.79 Å². The summed E-state index contributed by atoms with van der Waals surface area (Å²) in [5, 5.41) is 2.78. The van der Waals surface area contributed by atoms with Crippen LogP contribution in [0, 0.1) is 0 Å². The molecule has 4 rings (SSSR count). The molecule has 7 nitrogen and oxygen atoms in total. The number of sulfonamides is 1. The molecule has 0 radical (unpaired) electrons. The van der Waals surface area contributed by atoms with Gasteiger partial charge in [0.2, 0.25) is 15.9 Å². The second kappa shape index (κ2) is 9.36. The third-order valence-corrected chi connectivity index (χ3v) is 7.12. The highest BCUT2D eigenvalue weighted by atomic mass is 32.2. The predicted molar refractivity (Wildman–Crippen MR) is 119 cm³/mol. The second-order valence-electron chi connectivity index (χ2n) is 7.50. The van der Waals surface area contributed by atoms with E-state index in [1.54, 1.807) is 36.7 Å². The molecule has 1 amide bonds. The lowest BCUT2D eigenvalue weighted by Gasteiger charge is -2.25. The van der Waals surface area contributed by atoms with Gasteiger partial charge in [0.1, 0.15) is 0 Å². The molecule has 31 heavy (non-hydrogen) atoms. The molecule has 8 heteroatoms. The van der Waals surface area contributed by atoms with Gasteiger partial charge in [0, 0.05) is 18.7 Å². The average Bonchev–Trinajstić information content (AvgIpc) is 2.81. The van der Waals surface area contributed by atoms with Crippen molar-refractivity contribution in [2.75, 3.05) is 18.4 Å². The van der Waals surface area contributed by atoms with Crippen molar-refractivity contribution in [3.63, 3.8) is 0 Å². The van der Waals surface area contributed by atoms with Crippen LogP contribution in [0.3, 0.4) is 0 Å². The SMILES string of the molecule is O=C(Cc1ccc(S(=O)(=O)N2CCCCC2)cc1)Nc1cnc(-c2ccccc2)nc1. The Morgan fingerprint density at radius 3 is 2.19 bits per heavy atom. The Kier molecular flexibility index (Phi) is 6.39. The van der Waals surface area contributed by atoms with E-state index in [4.69, 9.17) is 0 Å². The molecule has 1 aliphatic heterocycles. The molecule has 0 spiro atoms. The summed E-state index contributed by atoms with van der Waals surface area (Å²) in [6.07, 6.45) is 6.13. The minimum Gasteiger partial charge on any atom is -0.323 e. The molecule has 0 unspecified atom stereocenters. The van der Waals surface area contributed by atoms with E-state index in [0.717, 1.165) is 30.4 Å². The van der Waals surface area contributed by atoms with Crippen LogP contribution in [0.5, 0.6) is 0 Å². The van der Waals surface area contributed by atoms with E-state index in [2.05, 4.69) is 15.3 Å². The number of carbonyl (C=O) groups is 1. The predicted octanol–water partition coefficient (Wildman–Crippen LogP) is 3.50. The first kappa shape index (κ1) is 21.1. The van der Waals surface area contributed by atoms with Crippen LogP contribution in [-0.4, -0.2) is 41.7 Å². The molecule has 0 bridgehead atoms. The van der Waals surface area contributed by atoms with Crippen molar-refractivity contribution < 1.29 is 13.2 Å². The van der Waals surface area contributed by atoms with Gasteiger partial charge in [-0.1, -0.05) is 48.9 Å². The van der Waals surface area contributed by atoms with Gasteiger partial charge in [0.15, 0.2) is 5.82 Å². The van der Waals surface area contributed by atoms with E-state index < -0.39 is 10.0 Å². The third kappa shape index (κ3) is 5.15. The molecule has 0 atom stereocenters. The fraction of sp³-hybridized carbons (Fsp3) is 0.261. The molecule has 2 aromatic carbocycles. The van der Waals surface area contributed by atoms with Crippen molar-refractivity contribution >= 4 is 21.6 Å². The number of aromatic nitrogens is 2. The maximum absolute atomic E-state index is 12.7. The van der Waals surface area contributed by atoms with Gasteiger partial charge in [-0.2, -0.15) is 4.31 Å². The normalized spacial score (nSPS) is 14.8. The Morgan fingerprint density at radius 1 is 0.903 bits per heavy atom. The summed E-state index contributed by atoms with van der Waals surface area (Å²) in [5.74, 6) is 0.367. The number of hydrogen-bond acceptors (Lipinski definition) is 5. The molecule has 1 aliphatic rings. The Hall–Kier alpha value is -3.10. The van der Waals surface area contributed by atoms with E-state index >= 15 is 0 Å². The van der Waals surface area contributed by atoms with E-state index in [9.17, 15) is 13.2 Å². The Bertz CT molecular complexity index is 1130. The number of benzene rings is 2. The number of nitrogens with zero attached hydrogens (tertiary/aromatic N) is 3. The number of rotatable bonds is 6. The van der Waals surface area contributed by atoms with E-state index in [1.807, 2.05) is 30.3 Å². The fourth-order valence-corrected chi connectivity index (χ4v) is 5.07. The smallest absolute Gasteiger partial charge is 0.243 e. The molecule has 1 fully saturated rings. The Balaban J connectivity index is 1.36. The minimum absolute atomic E-state index is 0.129. The van der Waals surface area contributed by atoms with Crippen molar-refractivity contribution in [1.29, 1.82) is 0 Å². The molecule has 0 aliphatic carbocycles. The largest absolute Gasteiger partial charge is 0.323 e. The summed E-state index contributed by atoms with van der Waals surface area (Å²) in [4.78, 5) is 21.2. The molecule has 1 aromatic heterocycles. The van der Waals surface area contributed by atoms with Crippen LogP contribution in [0.4, 0.5) is 5.69 Å². The van der Waals surface area contributed by atoms with Gasteiger partial charge < -0.3 is 5.32 Å². The topological polar surface area (TPSA) is 92.3 Å². The molecule has 3 aromatic rings. The van der Waals surface area contributed by atoms with Gasteiger partial charge in [-0.25, -0.2) is 18.4 Å². The van der Waals surface area contributed by atoms with Gasteiger partial charge >= 0.3 is 0 Å². The average molecular weight is 437 g/mol. The number of nitrogens with one attached hydrogen (secondary N) is 1. The number of anilines is 1. The molecular weight excluding hydrogens is 412 g/mol. The molecule has 1 saturated heterocycles. The molecule has 160 valence electrons. The van der Waals surface area contributed by atoms with Gasteiger partial charge in [-0.05, 0) is 30.5 Å². The summed E-state index contributed by atoms with van der Waals surface area (Å²) in [6.45, 7) is 1.13. The maximum Gasteiger partial charge on any atom is 0.243 e. The lowest BCUT2D eigenvalue weighted by atomic mass is 10.1. The summed E-state index contributed by atoms with van der Waals surface area (Å²) in [7, 11) is -3.47. The standard InChI is InChI=1S/C23H24N4O3S/c28-22(26-20-16-24-23(25-17-20)19-7-3-1-4-8-19)15-18-9-11-21(12-10-18)31(29,30)27-13-5-2-6-14-27/h1,3-4,7-12,16-17H,2,5-6,13-15H2,(H,26,28). The highest BCUT2D eigenvalue weighted by Crippen LogP contribution is 2.21. The van der Waals surface area contributed by atoms with Crippen molar-refractivity contribution in [2.45, 2.75) is 30.6 Å². The van der Waals surface area contributed by atoms with Crippen molar-refractivity contribution in [3.8, 4) is 11.4 Å². The number of carbonyl (C=O) groups excluding carboxylic acids is 1. The fourth-order valence-electron chi connectivity index (χ4n) is 3.55. The summed E-state index contributed by atoms with van der Waals surface area (Å²) in [6, 6.07) is 16.1. The van der Waals surface area contributed by atoms with Crippen LogP contribution in [0.2, 0.25) is 0 Å². The number of hydrogen-bond donors (Lipinski definition) is 1. The van der Waals surface area contributed by atoms with Crippen molar-refractivity contribution in [3.05, 3.63) is 72.6 Å². The van der Waals surface area contributed by atoms with Crippen molar-refractivity contribution in [2.24, 2.45) is 0 Å². The van der Waals surface area contributed by atoms with Gasteiger partial charge in [0.25, 0.3) is 0 Å². The second-order valence-corrected chi connectivity index (χ2v) is 9.43. The molecule has 2 heterocycles. The third-order valence-electron chi connectivity index (χ3n) is 5.21. The van der Waals surface area contributed by atoms with Crippen LogP contribution in [0.15, 0.2) is 71.9 Å². The van der Waals surface area contributed by atoms with Crippen molar-refractivity contribution in [1.82, 2.24) is 14.3 Å². The van der Waals surface area contributed by atoms with Crippen LogP contribution in [0.25, 0.3) is 11.4 Å². The van der Waals surface area contributed by atoms with Gasteiger partial charge in [0.05, 0.1) is 29.4 Å². The lowest BCUT2D eigenvalue weighted by Crippen LogP contribution is -2.35.